The summed E-state index contributed by atoms with van der Waals surface area (Å²) in [5.41, 5.74) is 10.5. The summed E-state index contributed by atoms with van der Waals surface area (Å²) in [5.74, 6) is 0.318. The number of benzene rings is 1. The lowest BCUT2D eigenvalue weighted by Gasteiger charge is -2.40. The smallest absolute Gasteiger partial charge is 0.395 e. The Balaban J connectivity index is 1.83. The molecule has 1 fully saturated rings. The van der Waals surface area contributed by atoms with Crippen LogP contribution in [0.25, 0.3) is 11.4 Å². The molecule has 1 amide bonds. The Hall–Kier alpha value is -3.27. The standard InChI is InChI=1S/C23H26ClF3N6O/c1-14-4-2-11-33(18(14)13-32-20(29)8-7-19(28)23(25,26)27)22(34)17-12-15(24)5-6-16(17)21-30-9-3-10-31-21/h3,5-10,12,14,18,32H,2,4,11,13,28-29H2,1H3/b19-7-,20-8+/t14-,18-/m1/s1. The molecule has 1 aromatic heterocycles. The van der Waals surface area contributed by atoms with E-state index < -0.39 is 11.9 Å². The molecule has 0 radical (unpaired) electrons. The van der Waals surface area contributed by atoms with E-state index in [1.807, 2.05) is 6.92 Å². The fourth-order valence-electron chi connectivity index (χ4n) is 3.85. The first-order chi connectivity index (χ1) is 16.1. The van der Waals surface area contributed by atoms with Crippen molar-refractivity contribution in [3.05, 3.63) is 70.9 Å². The number of carbonyl (C=O) groups excluding carboxylic acids is 1. The zero-order valence-corrected chi connectivity index (χ0v) is 19.3. The summed E-state index contributed by atoms with van der Waals surface area (Å²) in [4.78, 5) is 23.9. The Bertz CT molecular complexity index is 1070. The molecular formula is C23H26ClF3N6O. The molecule has 0 unspecified atom stereocenters. The normalized spacial score (nSPS) is 19.7. The molecule has 34 heavy (non-hydrogen) atoms. The lowest BCUT2D eigenvalue weighted by molar-refractivity contribution is -0.0926. The number of likely N-dealkylation sites (tertiary alicyclic amines) is 1. The fraction of sp³-hybridized carbons (Fsp3) is 0.348. The number of hydrogen-bond donors (Lipinski definition) is 3. The molecule has 3 rings (SSSR count). The third-order valence-corrected chi connectivity index (χ3v) is 5.92. The molecular weight excluding hydrogens is 469 g/mol. The van der Waals surface area contributed by atoms with Crippen molar-refractivity contribution < 1.29 is 18.0 Å². The van der Waals surface area contributed by atoms with Gasteiger partial charge >= 0.3 is 6.18 Å². The van der Waals surface area contributed by atoms with Gasteiger partial charge in [-0.3, -0.25) is 4.79 Å². The molecule has 2 heterocycles. The molecule has 1 aromatic carbocycles. The van der Waals surface area contributed by atoms with E-state index in [-0.39, 0.29) is 30.2 Å². The van der Waals surface area contributed by atoms with Crippen molar-refractivity contribution in [1.82, 2.24) is 20.2 Å². The Morgan fingerprint density at radius 2 is 1.97 bits per heavy atom. The first-order valence-corrected chi connectivity index (χ1v) is 11.1. The maximum Gasteiger partial charge on any atom is 0.430 e. The Kier molecular flexibility index (Phi) is 8.03. The van der Waals surface area contributed by atoms with E-state index in [0.717, 1.165) is 18.9 Å². The molecule has 2 atom stereocenters. The van der Waals surface area contributed by atoms with E-state index in [1.54, 1.807) is 41.6 Å². The van der Waals surface area contributed by atoms with E-state index in [1.165, 1.54) is 0 Å². The van der Waals surface area contributed by atoms with Crippen molar-refractivity contribution in [3.63, 3.8) is 0 Å². The number of amides is 1. The van der Waals surface area contributed by atoms with Crippen molar-refractivity contribution in [2.45, 2.75) is 32.0 Å². The number of aromatic nitrogens is 2. The van der Waals surface area contributed by atoms with Gasteiger partial charge in [0.1, 0.15) is 5.70 Å². The van der Waals surface area contributed by atoms with Gasteiger partial charge in [-0.05, 0) is 55.2 Å². The number of hydrogen-bond acceptors (Lipinski definition) is 6. The quantitative estimate of drug-likeness (QED) is 0.526. The number of carbonyl (C=O) groups is 1. The Morgan fingerprint density at radius 1 is 1.26 bits per heavy atom. The molecule has 0 spiro atoms. The van der Waals surface area contributed by atoms with Crippen molar-refractivity contribution >= 4 is 17.5 Å². The van der Waals surface area contributed by atoms with Gasteiger partial charge in [0, 0.05) is 36.1 Å². The number of nitrogens with two attached hydrogens (primary N) is 2. The monoisotopic (exact) mass is 494 g/mol. The molecule has 1 aliphatic rings. The highest BCUT2D eigenvalue weighted by Gasteiger charge is 2.34. The summed E-state index contributed by atoms with van der Waals surface area (Å²) in [7, 11) is 0. The van der Waals surface area contributed by atoms with Crippen molar-refractivity contribution in [3.8, 4) is 11.4 Å². The van der Waals surface area contributed by atoms with Crippen LogP contribution in [0.4, 0.5) is 13.2 Å². The predicted octanol–water partition coefficient (Wildman–Crippen LogP) is 3.83. The largest absolute Gasteiger partial charge is 0.430 e. The summed E-state index contributed by atoms with van der Waals surface area (Å²) in [6.45, 7) is 2.79. The third kappa shape index (κ3) is 6.19. The van der Waals surface area contributed by atoms with Crippen LogP contribution in [-0.4, -0.2) is 46.1 Å². The number of nitrogens with zero attached hydrogens (tertiary/aromatic N) is 3. The second kappa shape index (κ2) is 10.8. The number of rotatable bonds is 6. The second-order valence-corrected chi connectivity index (χ2v) is 8.51. The van der Waals surface area contributed by atoms with E-state index in [9.17, 15) is 18.0 Å². The highest BCUT2D eigenvalue weighted by molar-refractivity contribution is 6.31. The maximum absolute atomic E-state index is 13.7. The number of alkyl halides is 3. The van der Waals surface area contributed by atoms with Crippen LogP contribution < -0.4 is 16.8 Å². The van der Waals surface area contributed by atoms with Crippen LogP contribution in [-0.2, 0) is 0 Å². The molecule has 7 nitrogen and oxygen atoms in total. The summed E-state index contributed by atoms with van der Waals surface area (Å²) in [6, 6.07) is 6.42. The highest BCUT2D eigenvalue weighted by Crippen LogP contribution is 2.29. The summed E-state index contributed by atoms with van der Waals surface area (Å²) < 4.78 is 37.7. The Morgan fingerprint density at radius 3 is 2.65 bits per heavy atom. The van der Waals surface area contributed by atoms with Gasteiger partial charge in [0.15, 0.2) is 5.82 Å². The molecule has 0 aliphatic carbocycles. The van der Waals surface area contributed by atoms with Gasteiger partial charge in [-0.2, -0.15) is 13.2 Å². The average Bonchev–Trinajstić information content (AvgIpc) is 2.81. The highest BCUT2D eigenvalue weighted by atomic mass is 35.5. The van der Waals surface area contributed by atoms with Crippen molar-refractivity contribution in [2.24, 2.45) is 17.4 Å². The zero-order chi connectivity index (χ0) is 24.9. The first-order valence-electron chi connectivity index (χ1n) is 10.7. The summed E-state index contributed by atoms with van der Waals surface area (Å²) in [5, 5.41) is 3.32. The third-order valence-electron chi connectivity index (χ3n) is 5.68. The van der Waals surface area contributed by atoms with Gasteiger partial charge in [0.2, 0.25) is 0 Å². The zero-order valence-electron chi connectivity index (χ0n) is 18.5. The van der Waals surface area contributed by atoms with E-state index in [4.69, 9.17) is 23.1 Å². The van der Waals surface area contributed by atoms with Gasteiger partial charge in [-0.25, -0.2) is 9.97 Å². The molecule has 1 aliphatic heterocycles. The van der Waals surface area contributed by atoms with Gasteiger partial charge in [-0.1, -0.05) is 18.5 Å². The van der Waals surface area contributed by atoms with E-state index >= 15 is 0 Å². The summed E-state index contributed by atoms with van der Waals surface area (Å²) in [6.07, 6.45) is 2.03. The number of piperidine rings is 1. The van der Waals surface area contributed by atoms with Crippen LogP contribution in [0.3, 0.4) is 0 Å². The van der Waals surface area contributed by atoms with E-state index in [0.29, 0.717) is 34.6 Å². The molecule has 182 valence electrons. The lowest BCUT2D eigenvalue weighted by atomic mass is 9.89. The van der Waals surface area contributed by atoms with Crippen LogP contribution in [0.15, 0.2) is 60.3 Å². The topological polar surface area (TPSA) is 110 Å². The fourth-order valence-corrected chi connectivity index (χ4v) is 4.02. The van der Waals surface area contributed by atoms with Gasteiger partial charge < -0.3 is 21.7 Å². The van der Waals surface area contributed by atoms with Crippen molar-refractivity contribution in [1.29, 1.82) is 0 Å². The maximum atomic E-state index is 13.7. The lowest BCUT2D eigenvalue weighted by Crippen LogP contribution is -2.52. The SMILES string of the molecule is C[C@@H]1CCCN(C(=O)c2cc(Cl)ccc2-c2ncccn2)[C@@H]1CN/C(N)=C/C=C(\N)C(F)(F)F. The van der Waals surface area contributed by atoms with E-state index in [2.05, 4.69) is 15.3 Å². The van der Waals surface area contributed by atoms with Crippen LogP contribution in [0.2, 0.25) is 5.02 Å². The molecule has 0 bridgehead atoms. The minimum atomic E-state index is -4.63. The van der Waals surface area contributed by atoms with Crippen LogP contribution >= 0.6 is 11.6 Å². The van der Waals surface area contributed by atoms with Crippen molar-refractivity contribution in [2.75, 3.05) is 13.1 Å². The second-order valence-electron chi connectivity index (χ2n) is 8.07. The number of halogens is 4. The molecule has 5 N–H and O–H groups in total. The van der Waals surface area contributed by atoms with Crippen LogP contribution in [0.1, 0.15) is 30.1 Å². The summed E-state index contributed by atoms with van der Waals surface area (Å²) >= 11 is 6.20. The minimum Gasteiger partial charge on any atom is -0.395 e. The molecule has 0 saturated carbocycles. The molecule has 1 saturated heterocycles. The van der Waals surface area contributed by atoms with Gasteiger partial charge in [0.25, 0.3) is 5.91 Å². The van der Waals surface area contributed by atoms with Crippen LogP contribution in [0.5, 0.6) is 0 Å². The average molecular weight is 495 g/mol. The Labute approximate surface area is 200 Å². The van der Waals surface area contributed by atoms with Crippen LogP contribution in [0, 0.1) is 5.92 Å². The minimum absolute atomic E-state index is 0.0125. The van der Waals surface area contributed by atoms with Gasteiger partial charge in [-0.15, -0.1) is 0 Å². The van der Waals surface area contributed by atoms with Gasteiger partial charge in [0.05, 0.1) is 17.4 Å². The first kappa shape index (κ1) is 25.4. The number of allylic oxidation sites excluding steroid dienone is 3. The molecule has 2 aromatic rings. The molecule has 11 heteroatoms. The predicted molar refractivity (Wildman–Crippen MR) is 124 cm³/mol. The number of nitrogens with one attached hydrogen (secondary N) is 1.